The topological polar surface area (TPSA) is 94.2 Å². The number of rotatable bonds is 7. The van der Waals surface area contributed by atoms with Crippen LogP contribution in [0.5, 0.6) is 5.75 Å². The highest BCUT2D eigenvalue weighted by Gasteiger charge is 2.47. The number of hydrogen-bond donors (Lipinski definition) is 2. The first-order valence-electron chi connectivity index (χ1n) is 15.3. The molecule has 2 N–H and O–H groups in total. The van der Waals surface area contributed by atoms with Crippen LogP contribution in [0.4, 0.5) is 14.9 Å². The van der Waals surface area contributed by atoms with Gasteiger partial charge in [0.25, 0.3) is 5.91 Å². The highest BCUT2D eigenvalue weighted by molar-refractivity contribution is 6.36. The molecule has 3 aliphatic rings. The molecule has 2 fully saturated rings. The lowest BCUT2D eigenvalue weighted by molar-refractivity contribution is -0.127. The number of benzene rings is 3. The lowest BCUT2D eigenvalue weighted by Crippen LogP contribution is -2.43. The lowest BCUT2D eigenvalue weighted by Gasteiger charge is -2.29. The van der Waals surface area contributed by atoms with Crippen LogP contribution in [0.2, 0.25) is 5.02 Å². The van der Waals surface area contributed by atoms with Crippen molar-refractivity contribution in [2.24, 2.45) is 5.41 Å². The number of nitrogens with zero attached hydrogens (tertiary/aromatic N) is 3. The van der Waals surface area contributed by atoms with Crippen molar-refractivity contribution in [1.29, 1.82) is 0 Å². The summed E-state index contributed by atoms with van der Waals surface area (Å²) < 4.78 is 21.5. The Morgan fingerprint density at radius 1 is 1.09 bits per heavy atom. The number of methoxy groups -OCH3 is 1. The van der Waals surface area contributed by atoms with Crippen molar-refractivity contribution >= 4 is 35.1 Å². The van der Waals surface area contributed by atoms with Crippen LogP contribution in [0, 0.1) is 18.2 Å². The molecule has 1 spiro atoms. The van der Waals surface area contributed by atoms with Crippen LogP contribution in [0.25, 0.3) is 22.3 Å². The van der Waals surface area contributed by atoms with E-state index in [4.69, 9.17) is 16.3 Å². The van der Waals surface area contributed by atoms with Gasteiger partial charge in [-0.2, -0.15) is 0 Å². The van der Waals surface area contributed by atoms with Crippen molar-refractivity contribution in [3.8, 4) is 28.0 Å². The molecule has 9 nitrogen and oxygen atoms in total. The molecular weight excluding hydrogens is 609 g/mol. The van der Waals surface area contributed by atoms with Gasteiger partial charge in [-0.15, -0.1) is 0 Å². The molecule has 240 valence electrons. The van der Waals surface area contributed by atoms with Gasteiger partial charge in [-0.3, -0.25) is 14.5 Å². The molecule has 3 aliphatic heterocycles. The number of likely N-dealkylation sites (tertiary alicyclic amines) is 1. The van der Waals surface area contributed by atoms with Crippen LogP contribution >= 0.6 is 11.6 Å². The molecule has 11 heteroatoms. The molecular formula is C35H37ClFN5O4. The molecule has 4 amide bonds. The molecule has 0 saturated carbocycles. The van der Waals surface area contributed by atoms with Gasteiger partial charge in [-0.25, -0.2) is 9.18 Å². The minimum atomic E-state index is -0.399. The van der Waals surface area contributed by atoms with Gasteiger partial charge in [-0.05, 0) is 61.2 Å². The fraction of sp³-hybridized carbons (Fsp3) is 0.343. The molecule has 3 aromatic rings. The van der Waals surface area contributed by atoms with Gasteiger partial charge in [0.15, 0.2) is 0 Å². The number of ether oxygens (including phenoxy) is 1. The van der Waals surface area contributed by atoms with Gasteiger partial charge in [0.1, 0.15) is 11.6 Å². The zero-order valence-corrected chi connectivity index (χ0v) is 27.1. The summed E-state index contributed by atoms with van der Waals surface area (Å²) in [5, 5.41) is 6.36. The largest absolute Gasteiger partial charge is 0.496 e. The fourth-order valence-electron chi connectivity index (χ4n) is 6.81. The van der Waals surface area contributed by atoms with Gasteiger partial charge in [0.2, 0.25) is 5.91 Å². The maximum atomic E-state index is 15.8. The Morgan fingerprint density at radius 3 is 2.54 bits per heavy atom. The second kappa shape index (κ2) is 12.4. The van der Waals surface area contributed by atoms with E-state index < -0.39 is 5.82 Å². The summed E-state index contributed by atoms with van der Waals surface area (Å²) in [6, 6.07) is 14.3. The van der Waals surface area contributed by atoms with Crippen LogP contribution in [-0.4, -0.2) is 79.9 Å². The average Bonchev–Trinajstić information content (AvgIpc) is 3.62. The van der Waals surface area contributed by atoms with E-state index in [-0.39, 0.29) is 29.8 Å². The minimum Gasteiger partial charge on any atom is -0.496 e. The third-order valence-electron chi connectivity index (χ3n) is 9.42. The van der Waals surface area contributed by atoms with Crippen molar-refractivity contribution in [3.05, 3.63) is 82.3 Å². The van der Waals surface area contributed by atoms with Crippen LogP contribution in [0.1, 0.15) is 24.0 Å². The van der Waals surface area contributed by atoms with Crippen molar-refractivity contribution < 1.29 is 23.5 Å². The average molecular weight is 646 g/mol. The maximum absolute atomic E-state index is 15.8. The number of urea groups is 1. The fourth-order valence-corrected chi connectivity index (χ4v) is 7.14. The monoisotopic (exact) mass is 645 g/mol. The Labute approximate surface area is 272 Å². The van der Waals surface area contributed by atoms with Crippen LogP contribution in [0.15, 0.2) is 60.3 Å². The lowest BCUT2D eigenvalue weighted by atomic mass is 9.86. The standard InChI is InChI=1S/C35H37ClFN5O4/c1-21-24(7-6-10-29(21)39-32(43)23-17-40(2)34(45)41(3)18-23)26-9-5-8-25(31(26)36)22-15-28(37)27(30(16-22)46-4)19-42-14-12-35(20-42)11-13-38-33(35)44/h5-10,15-17H,11-14,18-20H2,1-4H3,(H,38,44)(H,39,43). The Bertz CT molecular complexity index is 1780. The van der Waals surface area contributed by atoms with Gasteiger partial charge >= 0.3 is 6.03 Å². The van der Waals surface area contributed by atoms with Crippen molar-refractivity contribution in [1.82, 2.24) is 20.0 Å². The summed E-state index contributed by atoms with van der Waals surface area (Å²) in [7, 11) is 4.78. The zero-order chi connectivity index (χ0) is 32.7. The normalized spacial score (nSPS) is 19.9. The number of nitrogens with one attached hydrogen (secondary N) is 2. The second-order valence-corrected chi connectivity index (χ2v) is 12.8. The van der Waals surface area contributed by atoms with Gasteiger partial charge < -0.3 is 25.2 Å². The van der Waals surface area contributed by atoms with Crippen molar-refractivity contribution in [2.45, 2.75) is 26.3 Å². The number of carbonyl (C=O) groups is 3. The van der Waals surface area contributed by atoms with Crippen LogP contribution < -0.4 is 15.4 Å². The molecule has 3 aromatic carbocycles. The summed E-state index contributed by atoms with van der Waals surface area (Å²) in [4.78, 5) is 42.7. The zero-order valence-electron chi connectivity index (χ0n) is 26.4. The van der Waals surface area contributed by atoms with Crippen LogP contribution in [0.3, 0.4) is 0 Å². The van der Waals surface area contributed by atoms with E-state index in [0.717, 1.165) is 36.1 Å². The van der Waals surface area contributed by atoms with Gasteiger partial charge in [0, 0.05) is 62.3 Å². The first kappa shape index (κ1) is 31.6. The molecule has 2 saturated heterocycles. The second-order valence-electron chi connectivity index (χ2n) is 12.4. The highest BCUT2D eigenvalue weighted by Crippen LogP contribution is 2.42. The highest BCUT2D eigenvalue weighted by atomic mass is 35.5. The first-order valence-corrected chi connectivity index (χ1v) is 15.6. The molecule has 0 radical (unpaired) electrons. The molecule has 1 unspecified atom stereocenters. The van der Waals surface area contributed by atoms with Crippen molar-refractivity contribution in [2.75, 3.05) is 52.7 Å². The Hall–Kier alpha value is -4.41. The SMILES string of the molecule is COc1cc(-c2cccc(-c3cccc(NC(=O)C4=CN(C)C(=O)N(C)C4)c3C)c2Cl)cc(F)c1CN1CCC2(CCNC2=O)C1. The van der Waals surface area contributed by atoms with Crippen LogP contribution in [-0.2, 0) is 16.1 Å². The summed E-state index contributed by atoms with van der Waals surface area (Å²) in [6.07, 6.45) is 3.12. The third-order valence-corrected chi connectivity index (χ3v) is 9.83. The van der Waals surface area contributed by atoms with Gasteiger partial charge in [0.05, 0.1) is 29.7 Å². The smallest absolute Gasteiger partial charge is 0.323 e. The molecule has 3 heterocycles. The number of amides is 4. The Kier molecular flexibility index (Phi) is 8.52. The van der Waals surface area contributed by atoms with E-state index in [1.165, 1.54) is 23.0 Å². The molecule has 46 heavy (non-hydrogen) atoms. The maximum Gasteiger partial charge on any atom is 0.323 e. The molecule has 6 rings (SSSR count). The van der Waals surface area contributed by atoms with E-state index in [2.05, 4.69) is 15.5 Å². The first-order chi connectivity index (χ1) is 22.0. The molecule has 0 bridgehead atoms. The van der Waals surface area contributed by atoms with Gasteiger partial charge in [-0.1, -0.05) is 41.9 Å². The summed E-state index contributed by atoms with van der Waals surface area (Å²) in [6.45, 7) is 4.46. The molecule has 0 aliphatic carbocycles. The Balaban J connectivity index is 1.26. The quantitative estimate of drug-likeness (QED) is 0.346. The van der Waals surface area contributed by atoms with E-state index in [1.54, 1.807) is 26.4 Å². The summed E-state index contributed by atoms with van der Waals surface area (Å²) >= 11 is 7.03. The minimum absolute atomic E-state index is 0.0930. The number of halogens is 2. The van der Waals surface area contributed by atoms with E-state index in [1.807, 2.05) is 43.3 Å². The number of carbonyl (C=O) groups excluding carboxylic acids is 3. The number of likely N-dealkylation sites (N-methyl/N-ethyl adjacent to an activating group) is 1. The van der Waals surface area contributed by atoms with E-state index in [9.17, 15) is 14.4 Å². The van der Waals surface area contributed by atoms with E-state index >= 15 is 4.39 Å². The summed E-state index contributed by atoms with van der Waals surface area (Å²) in [5.74, 6) is -0.187. The predicted molar refractivity (Wildman–Crippen MR) is 176 cm³/mol. The predicted octanol–water partition coefficient (Wildman–Crippen LogP) is 5.66. The number of hydrogen-bond acceptors (Lipinski definition) is 5. The third kappa shape index (κ3) is 5.71. The molecule has 1 atom stereocenters. The molecule has 0 aromatic heterocycles. The summed E-state index contributed by atoms with van der Waals surface area (Å²) in [5.41, 5.74) is 4.71. The Morgan fingerprint density at radius 2 is 1.83 bits per heavy atom. The van der Waals surface area contributed by atoms with Crippen molar-refractivity contribution in [3.63, 3.8) is 0 Å². The number of anilines is 1. The van der Waals surface area contributed by atoms with E-state index in [0.29, 0.717) is 58.4 Å².